The number of hydrogen-bond acceptors (Lipinski definition) is 2. The summed E-state index contributed by atoms with van der Waals surface area (Å²) in [6.07, 6.45) is 6.70. The third kappa shape index (κ3) is 2.78. The lowest BCUT2D eigenvalue weighted by atomic mass is 9.91. The van der Waals surface area contributed by atoms with Gasteiger partial charge in [0.15, 0.2) is 0 Å². The maximum absolute atomic E-state index is 4.35. The SMILES string of the molecule is C=C(c1ccc2c(c1)C(C1C=C1)=CC(=C)N2CC)N(C)c1ccccc1. The Morgan fingerprint density at radius 2 is 1.85 bits per heavy atom. The highest BCUT2D eigenvalue weighted by molar-refractivity contribution is 5.90. The molecule has 2 nitrogen and oxygen atoms in total. The summed E-state index contributed by atoms with van der Waals surface area (Å²) in [5.41, 5.74) is 8.21. The monoisotopic (exact) mass is 340 g/mol. The molecule has 2 aliphatic rings. The summed E-state index contributed by atoms with van der Waals surface area (Å²) in [7, 11) is 2.07. The van der Waals surface area contributed by atoms with Gasteiger partial charge in [-0.3, -0.25) is 0 Å². The van der Waals surface area contributed by atoms with E-state index in [1.165, 1.54) is 16.8 Å². The third-order valence-corrected chi connectivity index (χ3v) is 5.21. The Bertz CT molecular complexity index is 928. The Labute approximate surface area is 156 Å². The van der Waals surface area contributed by atoms with Crippen molar-refractivity contribution >= 4 is 22.6 Å². The van der Waals surface area contributed by atoms with E-state index in [1.54, 1.807) is 0 Å². The Balaban J connectivity index is 1.73. The van der Waals surface area contributed by atoms with Crippen LogP contribution in [0.3, 0.4) is 0 Å². The Kier molecular flexibility index (Phi) is 4.04. The van der Waals surface area contributed by atoms with Crippen molar-refractivity contribution in [1.29, 1.82) is 0 Å². The molecule has 4 rings (SSSR count). The molecule has 0 fully saturated rings. The van der Waals surface area contributed by atoms with E-state index in [4.69, 9.17) is 0 Å². The van der Waals surface area contributed by atoms with Gasteiger partial charge in [0, 0.05) is 47.8 Å². The molecule has 0 radical (unpaired) electrons. The fraction of sp³-hybridized carbons (Fsp3) is 0.167. The Morgan fingerprint density at radius 3 is 2.50 bits per heavy atom. The van der Waals surface area contributed by atoms with Crippen molar-refractivity contribution in [2.75, 3.05) is 23.4 Å². The number of hydrogen-bond donors (Lipinski definition) is 0. The molecule has 1 aliphatic heterocycles. The van der Waals surface area contributed by atoms with E-state index in [-0.39, 0.29) is 0 Å². The second-order valence-electron chi connectivity index (χ2n) is 6.82. The van der Waals surface area contributed by atoms with Gasteiger partial charge < -0.3 is 9.80 Å². The third-order valence-electron chi connectivity index (χ3n) is 5.21. The first-order chi connectivity index (χ1) is 12.6. The van der Waals surface area contributed by atoms with Gasteiger partial charge in [-0.1, -0.05) is 49.6 Å². The van der Waals surface area contributed by atoms with Crippen LogP contribution in [-0.2, 0) is 0 Å². The number of benzene rings is 2. The van der Waals surface area contributed by atoms with Crippen molar-refractivity contribution in [2.24, 2.45) is 5.92 Å². The molecule has 26 heavy (non-hydrogen) atoms. The van der Waals surface area contributed by atoms with Crippen molar-refractivity contribution in [3.63, 3.8) is 0 Å². The predicted molar refractivity (Wildman–Crippen MR) is 113 cm³/mol. The molecule has 2 heteroatoms. The smallest absolute Gasteiger partial charge is 0.0487 e. The molecule has 0 N–H and O–H groups in total. The van der Waals surface area contributed by atoms with Crippen molar-refractivity contribution < 1.29 is 0 Å². The lowest BCUT2D eigenvalue weighted by Gasteiger charge is -2.32. The molecule has 0 spiro atoms. The van der Waals surface area contributed by atoms with Gasteiger partial charge in [-0.25, -0.2) is 0 Å². The molecule has 0 amide bonds. The van der Waals surface area contributed by atoms with Crippen LogP contribution in [0.4, 0.5) is 11.4 Å². The van der Waals surface area contributed by atoms with Gasteiger partial charge in [-0.2, -0.15) is 0 Å². The summed E-state index contributed by atoms with van der Waals surface area (Å²) in [5.74, 6) is 0.444. The molecule has 2 aromatic rings. The van der Waals surface area contributed by atoms with Crippen LogP contribution in [0.5, 0.6) is 0 Å². The Hall–Kier alpha value is -3.00. The van der Waals surface area contributed by atoms with Crippen molar-refractivity contribution in [1.82, 2.24) is 0 Å². The van der Waals surface area contributed by atoms with E-state index < -0.39 is 0 Å². The van der Waals surface area contributed by atoms with E-state index in [9.17, 15) is 0 Å². The van der Waals surface area contributed by atoms with E-state index in [0.29, 0.717) is 5.92 Å². The molecular formula is C24H24N2. The molecular weight excluding hydrogens is 316 g/mol. The highest BCUT2D eigenvalue weighted by Crippen LogP contribution is 2.44. The molecule has 2 aromatic carbocycles. The van der Waals surface area contributed by atoms with Gasteiger partial charge in [0.25, 0.3) is 0 Å². The fourth-order valence-corrected chi connectivity index (χ4v) is 3.59. The normalized spacial score (nSPS) is 15.5. The zero-order chi connectivity index (χ0) is 18.3. The average Bonchev–Trinajstić information content (AvgIpc) is 3.52. The van der Waals surface area contributed by atoms with Gasteiger partial charge in [0.2, 0.25) is 0 Å². The van der Waals surface area contributed by atoms with Crippen LogP contribution in [0.2, 0.25) is 0 Å². The van der Waals surface area contributed by atoms with Crippen molar-refractivity contribution in [2.45, 2.75) is 6.92 Å². The van der Waals surface area contributed by atoms with E-state index in [2.05, 4.69) is 97.6 Å². The first-order valence-electron chi connectivity index (χ1n) is 9.09. The van der Waals surface area contributed by atoms with Crippen LogP contribution in [0.1, 0.15) is 18.1 Å². The van der Waals surface area contributed by atoms with E-state index in [0.717, 1.165) is 29.2 Å². The Morgan fingerprint density at radius 1 is 1.12 bits per heavy atom. The molecule has 1 aliphatic carbocycles. The largest absolute Gasteiger partial charge is 0.345 e. The minimum absolute atomic E-state index is 0.444. The van der Waals surface area contributed by atoms with Crippen molar-refractivity contribution in [3.8, 4) is 0 Å². The molecule has 0 atom stereocenters. The molecule has 0 bridgehead atoms. The van der Waals surface area contributed by atoms with Crippen LogP contribution in [-0.4, -0.2) is 13.6 Å². The quantitative estimate of drug-likeness (QED) is 0.643. The number of anilines is 2. The number of para-hydroxylation sites is 1. The van der Waals surface area contributed by atoms with Crippen LogP contribution >= 0.6 is 0 Å². The van der Waals surface area contributed by atoms with Crippen LogP contribution in [0, 0.1) is 5.92 Å². The summed E-state index contributed by atoms with van der Waals surface area (Å²) >= 11 is 0. The summed E-state index contributed by atoms with van der Waals surface area (Å²) in [6, 6.07) is 17.0. The van der Waals surface area contributed by atoms with Gasteiger partial charge >= 0.3 is 0 Å². The summed E-state index contributed by atoms with van der Waals surface area (Å²) in [6.45, 7) is 11.7. The number of fused-ring (bicyclic) bond motifs is 1. The maximum atomic E-state index is 4.35. The van der Waals surface area contributed by atoms with Gasteiger partial charge in [-0.05, 0) is 48.4 Å². The highest BCUT2D eigenvalue weighted by atomic mass is 15.1. The zero-order valence-corrected chi connectivity index (χ0v) is 15.4. The standard InChI is InChI=1S/C24H24N2/c1-5-26-17(2)15-22(19-11-12-19)23-16-20(13-14-24(23)26)18(3)25(4)21-9-7-6-8-10-21/h6-16,19H,2-3,5H2,1,4H3. The van der Waals surface area contributed by atoms with Gasteiger partial charge in [0.05, 0.1) is 0 Å². The van der Waals surface area contributed by atoms with Crippen LogP contribution in [0.15, 0.2) is 85.6 Å². The summed E-state index contributed by atoms with van der Waals surface area (Å²) in [5, 5.41) is 0. The second-order valence-corrected chi connectivity index (χ2v) is 6.82. The zero-order valence-electron chi connectivity index (χ0n) is 15.4. The first-order valence-corrected chi connectivity index (χ1v) is 9.09. The van der Waals surface area contributed by atoms with Gasteiger partial charge in [0.1, 0.15) is 0 Å². The number of rotatable bonds is 5. The number of allylic oxidation sites excluding steroid dienone is 4. The van der Waals surface area contributed by atoms with Gasteiger partial charge in [-0.15, -0.1) is 0 Å². The number of nitrogens with zero attached hydrogens (tertiary/aromatic N) is 2. The molecule has 0 saturated carbocycles. The first kappa shape index (κ1) is 16.5. The lowest BCUT2D eigenvalue weighted by molar-refractivity contribution is 0.965. The summed E-state index contributed by atoms with van der Waals surface area (Å²) < 4.78 is 0. The molecule has 0 saturated heterocycles. The minimum Gasteiger partial charge on any atom is -0.345 e. The molecule has 0 aromatic heterocycles. The second kappa shape index (κ2) is 6.38. The fourth-order valence-electron chi connectivity index (χ4n) is 3.59. The summed E-state index contributed by atoms with van der Waals surface area (Å²) in [4.78, 5) is 4.41. The molecule has 1 heterocycles. The van der Waals surface area contributed by atoms with Crippen molar-refractivity contribution in [3.05, 3.63) is 96.7 Å². The lowest BCUT2D eigenvalue weighted by Crippen LogP contribution is -2.25. The van der Waals surface area contributed by atoms with E-state index in [1.807, 2.05) is 6.07 Å². The van der Waals surface area contributed by atoms with E-state index >= 15 is 0 Å². The number of likely N-dealkylation sites (N-methyl/N-ethyl adjacent to an activating group) is 1. The maximum Gasteiger partial charge on any atom is 0.0487 e. The average molecular weight is 340 g/mol. The molecule has 0 unspecified atom stereocenters. The minimum atomic E-state index is 0.444. The van der Waals surface area contributed by atoms with Crippen LogP contribution < -0.4 is 9.80 Å². The highest BCUT2D eigenvalue weighted by Gasteiger charge is 2.27. The van der Waals surface area contributed by atoms with Crippen LogP contribution in [0.25, 0.3) is 11.3 Å². The topological polar surface area (TPSA) is 6.48 Å². The predicted octanol–water partition coefficient (Wildman–Crippen LogP) is 5.72. The molecule has 130 valence electrons.